The van der Waals surface area contributed by atoms with Crippen LogP contribution >= 0.6 is 11.6 Å². The maximum Gasteiger partial charge on any atom is 0.0438 e. The number of hydrogen-bond donors (Lipinski definition) is 1. The molecular formula is C15H22ClN. The standard InChI is InChI=1S/C15H22ClN/c1-12-13(7-6-10-15(12)16)11-17-14-8-4-2-3-5-9-14/h6-7,10,14,17H,2-5,8-9,11H2,1H3. The van der Waals surface area contributed by atoms with Gasteiger partial charge in [0, 0.05) is 17.6 Å². The lowest BCUT2D eigenvalue weighted by molar-refractivity contribution is 0.458. The third kappa shape index (κ3) is 3.72. The van der Waals surface area contributed by atoms with Crippen molar-refractivity contribution in [3.05, 3.63) is 34.3 Å². The van der Waals surface area contributed by atoms with Crippen LogP contribution in [0.1, 0.15) is 49.7 Å². The fraction of sp³-hybridized carbons (Fsp3) is 0.600. The third-order valence-corrected chi connectivity index (χ3v) is 4.23. The van der Waals surface area contributed by atoms with Crippen LogP contribution < -0.4 is 5.32 Å². The quantitative estimate of drug-likeness (QED) is 0.782. The van der Waals surface area contributed by atoms with Crippen LogP contribution in [-0.4, -0.2) is 6.04 Å². The highest BCUT2D eigenvalue weighted by molar-refractivity contribution is 6.31. The number of benzene rings is 1. The molecule has 0 aromatic heterocycles. The van der Waals surface area contributed by atoms with Gasteiger partial charge >= 0.3 is 0 Å². The second kappa shape index (κ2) is 6.42. The van der Waals surface area contributed by atoms with Crippen molar-refractivity contribution in [1.29, 1.82) is 0 Å². The molecule has 1 nitrogen and oxygen atoms in total. The van der Waals surface area contributed by atoms with Crippen LogP contribution in [0.3, 0.4) is 0 Å². The summed E-state index contributed by atoms with van der Waals surface area (Å²) in [6.07, 6.45) is 8.25. The molecule has 0 spiro atoms. The predicted molar refractivity (Wildman–Crippen MR) is 74.5 cm³/mol. The van der Waals surface area contributed by atoms with Crippen molar-refractivity contribution < 1.29 is 0 Å². The maximum atomic E-state index is 6.13. The molecular weight excluding hydrogens is 230 g/mol. The minimum Gasteiger partial charge on any atom is -0.310 e. The highest BCUT2D eigenvalue weighted by Gasteiger charge is 2.12. The van der Waals surface area contributed by atoms with Gasteiger partial charge in [-0.1, -0.05) is 49.4 Å². The zero-order chi connectivity index (χ0) is 12.1. The summed E-state index contributed by atoms with van der Waals surface area (Å²) in [4.78, 5) is 0. The summed E-state index contributed by atoms with van der Waals surface area (Å²) >= 11 is 6.13. The number of nitrogens with one attached hydrogen (secondary N) is 1. The van der Waals surface area contributed by atoms with E-state index in [-0.39, 0.29) is 0 Å². The highest BCUT2D eigenvalue weighted by atomic mass is 35.5. The van der Waals surface area contributed by atoms with E-state index in [9.17, 15) is 0 Å². The van der Waals surface area contributed by atoms with Crippen molar-refractivity contribution in [3.8, 4) is 0 Å². The molecule has 1 fully saturated rings. The van der Waals surface area contributed by atoms with Crippen LogP contribution in [0.25, 0.3) is 0 Å². The second-order valence-electron chi connectivity index (χ2n) is 5.09. The summed E-state index contributed by atoms with van der Waals surface area (Å²) < 4.78 is 0. The van der Waals surface area contributed by atoms with Crippen LogP contribution in [-0.2, 0) is 6.54 Å². The molecule has 1 aromatic rings. The normalized spacial score (nSPS) is 18.0. The summed E-state index contributed by atoms with van der Waals surface area (Å²) in [5.41, 5.74) is 2.55. The van der Waals surface area contributed by atoms with Gasteiger partial charge in [0.05, 0.1) is 0 Å². The molecule has 0 unspecified atom stereocenters. The monoisotopic (exact) mass is 251 g/mol. The van der Waals surface area contributed by atoms with Gasteiger partial charge in [-0.15, -0.1) is 0 Å². The number of rotatable bonds is 3. The van der Waals surface area contributed by atoms with Crippen molar-refractivity contribution in [2.24, 2.45) is 0 Å². The molecule has 2 heteroatoms. The van der Waals surface area contributed by atoms with Crippen molar-refractivity contribution in [2.45, 2.75) is 58.0 Å². The van der Waals surface area contributed by atoms with Gasteiger partial charge < -0.3 is 5.32 Å². The third-order valence-electron chi connectivity index (χ3n) is 3.82. The molecule has 0 saturated heterocycles. The van der Waals surface area contributed by atoms with E-state index in [2.05, 4.69) is 18.3 Å². The Morgan fingerprint density at radius 1 is 1.18 bits per heavy atom. The number of hydrogen-bond acceptors (Lipinski definition) is 1. The Morgan fingerprint density at radius 3 is 2.59 bits per heavy atom. The molecule has 0 radical (unpaired) electrons. The molecule has 1 saturated carbocycles. The molecule has 17 heavy (non-hydrogen) atoms. The zero-order valence-electron chi connectivity index (χ0n) is 10.6. The molecule has 94 valence electrons. The summed E-state index contributed by atoms with van der Waals surface area (Å²) in [6, 6.07) is 6.88. The summed E-state index contributed by atoms with van der Waals surface area (Å²) in [7, 11) is 0. The van der Waals surface area contributed by atoms with E-state index in [1.165, 1.54) is 49.7 Å². The molecule has 0 amide bonds. The van der Waals surface area contributed by atoms with E-state index in [1.807, 2.05) is 12.1 Å². The average Bonchev–Trinajstić information content (AvgIpc) is 2.59. The first kappa shape index (κ1) is 12.9. The van der Waals surface area contributed by atoms with Gasteiger partial charge in [-0.25, -0.2) is 0 Å². The highest BCUT2D eigenvalue weighted by Crippen LogP contribution is 2.20. The van der Waals surface area contributed by atoms with Crippen molar-refractivity contribution in [1.82, 2.24) is 5.32 Å². The van der Waals surface area contributed by atoms with E-state index < -0.39 is 0 Å². The first-order valence-corrected chi connectivity index (χ1v) is 7.12. The lowest BCUT2D eigenvalue weighted by Gasteiger charge is -2.17. The van der Waals surface area contributed by atoms with Gasteiger partial charge in [0.15, 0.2) is 0 Å². The zero-order valence-corrected chi connectivity index (χ0v) is 11.4. The van der Waals surface area contributed by atoms with Gasteiger partial charge in [-0.2, -0.15) is 0 Å². The van der Waals surface area contributed by atoms with Gasteiger partial charge in [-0.3, -0.25) is 0 Å². The van der Waals surface area contributed by atoms with Gasteiger partial charge in [0.2, 0.25) is 0 Å². The van der Waals surface area contributed by atoms with E-state index in [0.717, 1.165) is 11.6 Å². The summed E-state index contributed by atoms with van der Waals surface area (Å²) in [5, 5.41) is 4.57. The van der Waals surface area contributed by atoms with E-state index in [0.29, 0.717) is 6.04 Å². The minimum absolute atomic E-state index is 0.705. The molecule has 1 aromatic carbocycles. The van der Waals surface area contributed by atoms with E-state index in [1.54, 1.807) is 0 Å². The van der Waals surface area contributed by atoms with Crippen LogP contribution in [0.5, 0.6) is 0 Å². The molecule has 1 aliphatic rings. The van der Waals surface area contributed by atoms with E-state index in [4.69, 9.17) is 11.6 Å². The largest absolute Gasteiger partial charge is 0.310 e. The lowest BCUT2D eigenvalue weighted by Crippen LogP contribution is -2.28. The summed E-state index contributed by atoms with van der Waals surface area (Å²) in [5.74, 6) is 0. The van der Waals surface area contributed by atoms with Gasteiger partial charge in [0.25, 0.3) is 0 Å². The Balaban J connectivity index is 1.90. The Morgan fingerprint density at radius 2 is 1.88 bits per heavy atom. The maximum absolute atomic E-state index is 6.13. The predicted octanol–water partition coefficient (Wildman–Crippen LogP) is 4.46. The SMILES string of the molecule is Cc1c(Cl)cccc1CNC1CCCCCC1. The van der Waals surface area contributed by atoms with Crippen molar-refractivity contribution in [2.75, 3.05) is 0 Å². The fourth-order valence-corrected chi connectivity index (χ4v) is 2.78. The Hall–Kier alpha value is -0.530. The van der Waals surface area contributed by atoms with Crippen molar-refractivity contribution in [3.63, 3.8) is 0 Å². The molecule has 0 atom stereocenters. The van der Waals surface area contributed by atoms with Crippen LogP contribution in [0.4, 0.5) is 0 Å². The Labute approximate surface area is 110 Å². The lowest BCUT2D eigenvalue weighted by atomic mass is 10.1. The molecule has 1 aliphatic carbocycles. The summed E-state index contributed by atoms with van der Waals surface area (Å²) in [6.45, 7) is 3.06. The van der Waals surface area contributed by atoms with Crippen molar-refractivity contribution >= 4 is 11.6 Å². The molecule has 1 N–H and O–H groups in total. The smallest absolute Gasteiger partial charge is 0.0438 e. The van der Waals surface area contributed by atoms with Crippen LogP contribution in [0.15, 0.2) is 18.2 Å². The fourth-order valence-electron chi connectivity index (χ4n) is 2.58. The number of halogens is 1. The molecule has 0 heterocycles. The molecule has 2 rings (SSSR count). The topological polar surface area (TPSA) is 12.0 Å². The van der Waals surface area contributed by atoms with Gasteiger partial charge in [-0.05, 0) is 37.0 Å². The van der Waals surface area contributed by atoms with Crippen LogP contribution in [0.2, 0.25) is 5.02 Å². The average molecular weight is 252 g/mol. The molecule has 0 aliphatic heterocycles. The first-order valence-electron chi connectivity index (χ1n) is 6.75. The Bertz CT molecular complexity index is 354. The van der Waals surface area contributed by atoms with Gasteiger partial charge in [0.1, 0.15) is 0 Å². The minimum atomic E-state index is 0.705. The Kier molecular flexibility index (Phi) is 4.87. The molecule has 0 bridgehead atoms. The van der Waals surface area contributed by atoms with E-state index >= 15 is 0 Å². The van der Waals surface area contributed by atoms with Crippen LogP contribution in [0, 0.1) is 6.92 Å². The first-order chi connectivity index (χ1) is 8.27. The second-order valence-corrected chi connectivity index (χ2v) is 5.50.